The molecule has 25 nitrogen and oxygen atoms in total. The molecule has 3 aliphatic rings. The first-order chi connectivity index (χ1) is 35.6. The second-order valence-electron chi connectivity index (χ2n) is 19.9. The van der Waals surface area contributed by atoms with E-state index in [2.05, 4.69) is 0 Å². The van der Waals surface area contributed by atoms with Crippen LogP contribution in [0.4, 0.5) is 0 Å². The van der Waals surface area contributed by atoms with Crippen LogP contribution in [0.25, 0.3) is 10.8 Å². The van der Waals surface area contributed by atoms with E-state index in [1.54, 1.807) is 27.7 Å². The lowest BCUT2D eigenvalue weighted by molar-refractivity contribution is -0.279. The third-order valence-corrected chi connectivity index (χ3v) is 14.1. The third kappa shape index (κ3) is 14.9. The Morgan fingerprint density at radius 3 is 2.09 bits per heavy atom. The molecule has 0 bridgehead atoms. The highest BCUT2D eigenvalue weighted by Crippen LogP contribution is 2.47. The van der Waals surface area contributed by atoms with Crippen molar-refractivity contribution in [2.45, 2.75) is 198 Å². The Morgan fingerprint density at radius 1 is 0.842 bits per heavy atom. The van der Waals surface area contributed by atoms with Gasteiger partial charge in [0, 0.05) is 31.9 Å². The van der Waals surface area contributed by atoms with Crippen LogP contribution in [-0.4, -0.2) is 225 Å². The van der Waals surface area contributed by atoms with Gasteiger partial charge in [0.05, 0.1) is 67.4 Å². The molecular formula is C51H78O25. The fourth-order valence-corrected chi connectivity index (χ4v) is 9.19. The molecule has 2 fully saturated rings. The smallest absolute Gasteiger partial charge is 0.302 e. The molecule has 2 saturated heterocycles. The average molecular weight is 1090 g/mol. The number of ether oxygens (including phenoxy) is 12. The van der Waals surface area contributed by atoms with E-state index >= 15 is 0 Å². The molecule has 2 aliphatic heterocycles. The fourth-order valence-electron chi connectivity index (χ4n) is 9.19. The van der Waals surface area contributed by atoms with Gasteiger partial charge in [0.2, 0.25) is 0 Å². The van der Waals surface area contributed by atoms with Crippen LogP contribution in [-0.2, 0) is 68.1 Å². The summed E-state index contributed by atoms with van der Waals surface area (Å²) in [5.41, 5.74) is -1.68. The number of aliphatic hydroxyl groups is 8. The van der Waals surface area contributed by atoms with Gasteiger partial charge < -0.3 is 108 Å². The number of Topliss-reactive ketones (excluding diaryl/α,β-unsaturated/α-hetero) is 2. The number of rotatable bonds is 28. The number of hydrogen-bond donors (Lipinski definition) is 10. The first-order valence-electron chi connectivity index (χ1n) is 25.2. The molecule has 0 aromatic heterocycles. The average Bonchev–Trinajstić information content (AvgIpc) is 3.57. The van der Waals surface area contributed by atoms with Gasteiger partial charge in [-0.15, -0.1) is 0 Å². The fraction of sp³-hybridized carbons (Fsp3) is 0.745. The maximum Gasteiger partial charge on any atom is 0.302 e. The highest BCUT2D eigenvalue weighted by atomic mass is 16.7. The van der Waals surface area contributed by atoms with Crippen LogP contribution in [0, 0.1) is 12.8 Å². The summed E-state index contributed by atoms with van der Waals surface area (Å²) in [6, 6.07) is 2.98. The monoisotopic (exact) mass is 1090 g/mol. The Kier molecular flexibility index (Phi) is 22.7. The van der Waals surface area contributed by atoms with Crippen molar-refractivity contribution in [1.29, 1.82) is 0 Å². The minimum Gasteiger partial charge on any atom is -0.507 e. The molecule has 1 aliphatic carbocycles. The number of esters is 1. The van der Waals surface area contributed by atoms with Crippen molar-refractivity contribution in [1.82, 2.24) is 0 Å². The lowest BCUT2D eigenvalue weighted by Gasteiger charge is -2.42. The van der Waals surface area contributed by atoms with Crippen LogP contribution in [0.1, 0.15) is 90.2 Å². The van der Waals surface area contributed by atoms with Crippen molar-refractivity contribution in [3.05, 3.63) is 28.8 Å². The Labute approximate surface area is 440 Å². The zero-order valence-electron chi connectivity index (χ0n) is 44.7. The molecule has 25 heteroatoms. The highest BCUT2D eigenvalue weighted by molar-refractivity contribution is 6.11. The summed E-state index contributed by atoms with van der Waals surface area (Å²) in [7, 11) is 1.17. The number of ketones is 2. The van der Waals surface area contributed by atoms with Gasteiger partial charge >= 0.3 is 5.97 Å². The van der Waals surface area contributed by atoms with E-state index in [4.69, 9.17) is 61.9 Å². The third-order valence-electron chi connectivity index (χ3n) is 14.1. The molecule has 0 saturated carbocycles. The molecule has 0 radical (unpaired) electrons. The summed E-state index contributed by atoms with van der Waals surface area (Å²) in [4.78, 5) is 40.8. The topological polar surface area (TPSA) is 364 Å². The van der Waals surface area contributed by atoms with Gasteiger partial charge in [0.1, 0.15) is 78.5 Å². The summed E-state index contributed by atoms with van der Waals surface area (Å²) >= 11 is 0. The van der Waals surface area contributed by atoms with Crippen molar-refractivity contribution < 1.29 is 122 Å². The molecule has 2 aromatic rings. The van der Waals surface area contributed by atoms with Crippen molar-refractivity contribution in [3.8, 4) is 17.2 Å². The first kappa shape index (κ1) is 63.0. The maximum atomic E-state index is 14.9. The summed E-state index contributed by atoms with van der Waals surface area (Å²) in [6.07, 6.45) is -21.7. The summed E-state index contributed by atoms with van der Waals surface area (Å²) in [6.45, 7) is 12.5. The first-order valence-corrected chi connectivity index (χ1v) is 25.2. The quantitative estimate of drug-likeness (QED) is 0.0393. The molecule has 0 amide bonds. The summed E-state index contributed by atoms with van der Waals surface area (Å²) < 4.78 is 68.3. The van der Waals surface area contributed by atoms with Crippen LogP contribution in [0.15, 0.2) is 12.1 Å². The Morgan fingerprint density at radius 2 is 1.49 bits per heavy atom. The Bertz CT molecular complexity index is 2240. The number of benzene rings is 2. The molecule has 20 atom stereocenters. The van der Waals surface area contributed by atoms with Gasteiger partial charge in [0.25, 0.3) is 0 Å². The van der Waals surface area contributed by atoms with Crippen molar-refractivity contribution in [2.75, 3.05) is 40.5 Å². The number of carbonyl (C=O) groups excluding carboxylic acids is 3. The number of carbonyl (C=O) groups is 3. The lowest BCUT2D eigenvalue weighted by Crippen LogP contribution is -2.55. The highest BCUT2D eigenvalue weighted by Gasteiger charge is 2.52. The van der Waals surface area contributed by atoms with E-state index in [0.29, 0.717) is 0 Å². The predicted molar refractivity (Wildman–Crippen MR) is 261 cm³/mol. The van der Waals surface area contributed by atoms with Crippen LogP contribution in [0.3, 0.4) is 0 Å². The van der Waals surface area contributed by atoms with Gasteiger partial charge in [-0.25, -0.2) is 0 Å². The van der Waals surface area contributed by atoms with Gasteiger partial charge in [-0.1, -0.05) is 0 Å². The molecule has 9 unspecified atom stereocenters. The van der Waals surface area contributed by atoms with Gasteiger partial charge in [-0.3, -0.25) is 14.4 Å². The number of aliphatic hydroxyl groups excluding tert-OH is 7. The summed E-state index contributed by atoms with van der Waals surface area (Å²) in [5.74, 6) is -4.86. The maximum absolute atomic E-state index is 14.9. The van der Waals surface area contributed by atoms with E-state index in [1.807, 2.05) is 0 Å². The van der Waals surface area contributed by atoms with E-state index in [-0.39, 0.29) is 59.3 Å². The number of methoxy groups -OCH3 is 1. The second kappa shape index (κ2) is 27.4. The number of hydrogen-bond acceptors (Lipinski definition) is 25. The zero-order chi connectivity index (χ0) is 56.7. The van der Waals surface area contributed by atoms with E-state index in [9.17, 15) is 60.3 Å². The van der Waals surface area contributed by atoms with Crippen LogP contribution < -0.4 is 4.74 Å². The SMILES string of the molecule is CO[C@H](C(=O)[C@@H](O)[C@@H](C)OC(C)=O)[C@@H]1Cc2cc3cc(OCOC(C)[C@@H](O)COC(C)OC(C)[C@@H](O)CO)c(C)c(O)c3c(O)c2C(=O)[C@H]1O[C@H]1CC(OCOC(C)[C@H](O)COC2OC(C)[C@@H](O)C2(C)O)[C@H](O)C(C)O1. The van der Waals surface area contributed by atoms with Crippen molar-refractivity contribution >= 4 is 28.3 Å². The molecule has 10 N–H and O–H groups in total. The second-order valence-corrected chi connectivity index (χ2v) is 19.9. The molecule has 0 spiro atoms. The van der Waals surface area contributed by atoms with E-state index < -0.39 is 171 Å². The van der Waals surface area contributed by atoms with Crippen LogP contribution in [0.5, 0.6) is 17.2 Å². The lowest BCUT2D eigenvalue weighted by atomic mass is 9.75. The zero-order valence-corrected chi connectivity index (χ0v) is 44.7. The van der Waals surface area contributed by atoms with Gasteiger partial charge in [0.15, 0.2) is 43.3 Å². The predicted octanol–water partition coefficient (Wildman–Crippen LogP) is -0.103. The Balaban J connectivity index is 1.34. The minimum atomic E-state index is -1.93. The summed E-state index contributed by atoms with van der Waals surface area (Å²) in [5, 5.41) is 107. The number of phenolic OH excluding ortho intramolecular Hbond substituents is 2. The molecule has 2 heterocycles. The molecule has 76 heavy (non-hydrogen) atoms. The van der Waals surface area contributed by atoms with Gasteiger partial charge in [-0.2, -0.15) is 0 Å². The number of phenols is 2. The Hall–Kier alpha value is -3.81. The van der Waals surface area contributed by atoms with Crippen molar-refractivity contribution in [3.63, 3.8) is 0 Å². The minimum absolute atomic E-state index is 0.0987. The molecular weight excluding hydrogens is 1010 g/mol. The number of fused-ring (bicyclic) bond motifs is 2. The molecule has 2 aromatic carbocycles. The van der Waals surface area contributed by atoms with Crippen molar-refractivity contribution in [2.24, 2.45) is 5.92 Å². The normalized spacial score (nSPS) is 29.9. The van der Waals surface area contributed by atoms with Crippen LogP contribution >= 0.6 is 0 Å². The molecule has 432 valence electrons. The van der Waals surface area contributed by atoms with Crippen LogP contribution in [0.2, 0.25) is 0 Å². The largest absolute Gasteiger partial charge is 0.507 e. The number of aromatic hydroxyl groups is 2. The van der Waals surface area contributed by atoms with E-state index in [0.717, 1.165) is 6.92 Å². The molecule has 5 rings (SSSR count). The van der Waals surface area contributed by atoms with Gasteiger partial charge in [-0.05, 0) is 91.8 Å². The standard InChI is InChI=1S/C51H78O25/c1-21-36(70-19-68-22(2)34(55)17-66-29(9)73-24(4)33(54)16-52)14-31-12-30-13-32(47(65-11)46(62)43(59)26(6)72-28(8)53)48(45(61)40(30)44(60)39(31)41(21)57)76-38-15-37(42(58)25(5)74-38)71-20-69-23(3)35(56)18-67-50-51(10,64)49(63)27(7)75-50/h12,14,22-27,29,32-35,37-38,42-43,47-50,52,54-60,63-64H,13,15-20H2,1-11H3/t22?,23?,24?,25?,26-,27?,29?,32+,33+,34+,35-,37?,38+,42-,43+,47+,48+,49-,50?,51?/m1/s1. The van der Waals surface area contributed by atoms with E-state index in [1.165, 1.54) is 53.9 Å².